The fourth-order valence-electron chi connectivity index (χ4n) is 2.41. The van der Waals surface area contributed by atoms with Gasteiger partial charge in [0.15, 0.2) is 0 Å². The smallest absolute Gasteiger partial charge is 0.123 e. The lowest BCUT2D eigenvalue weighted by molar-refractivity contribution is -0.0307. The Morgan fingerprint density at radius 1 is 1.12 bits per heavy atom. The Morgan fingerprint density at radius 3 is 2.31 bits per heavy atom. The van der Waals surface area contributed by atoms with E-state index in [4.69, 9.17) is 0 Å². The van der Waals surface area contributed by atoms with Crippen molar-refractivity contribution in [3.63, 3.8) is 0 Å². The van der Waals surface area contributed by atoms with Crippen molar-refractivity contribution in [1.29, 1.82) is 0 Å². The minimum absolute atomic E-state index is 0.268. The molecule has 0 amide bonds. The summed E-state index contributed by atoms with van der Waals surface area (Å²) in [5.74, 6) is -0.268. The van der Waals surface area contributed by atoms with Crippen molar-refractivity contribution in [1.82, 2.24) is 0 Å². The maximum atomic E-state index is 13.1. The van der Waals surface area contributed by atoms with Crippen molar-refractivity contribution in [2.24, 2.45) is 5.41 Å². The molecule has 0 heterocycles. The Balaban J connectivity index is 2.21. The zero-order valence-electron chi connectivity index (χ0n) is 9.96. The van der Waals surface area contributed by atoms with E-state index < -0.39 is 5.60 Å². The first-order valence-electron chi connectivity index (χ1n) is 5.90. The van der Waals surface area contributed by atoms with Gasteiger partial charge in [-0.1, -0.05) is 26.0 Å². The number of hydrogen-bond donors (Lipinski definition) is 1. The lowest BCUT2D eigenvalue weighted by Crippen LogP contribution is -2.34. The van der Waals surface area contributed by atoms with E-state index in [1.807, 2.05) is 6.07 Å². The first-order valence-corrected chi connectivity index (χ1v) is 5.90. The largest absolute Gasteiger partial charge is 0.385 e. The van der Waals surface area contributed by atoms with E-state index in [0.29, 0.717) is 5.41 Å². The summed E-state index contributed by atoms with van der Waals surface area (Å²) >= 11 is 0. The Kier molecular flexibility index (Phi) is 2.79. The van der Waals surface area contributed by atoms with Crippen LogP contribution in [0.2, 0.25) is 0 Å². The summed E-state index contributed by atoms with van der Waals surface area (Å²) in [4.78, 5) is 0. The summed E-state index contributed by atoms with van der Waals surface area (Å²) in [6.45, 7) is 4.44. The zero-order valence-corrected chi connectivity index (χ0v) is 9.96. The lowest BCUT2D eigenvalue weighted by Gasteiger charge is -2.40. The van der Waals surface area contributed by atoms with E-state index in [1.165, 1.54) is 12.1 Å². The molecule has 1 nitrogen and oxygen atoms in total. The highest BCUT2D eigenvalue weighted by Crippen LogP contribution is 2.44. The molecular weight excluding hydrogens is 203 g/mol. The molecule has 1 aromatic carbocycles. The van der Waals surface area contributed by atoms with Gasteiger partial charge in [-0.2, -0.15) is 0 Å². The van der Waals surface area contributed by atoms with Gasteiger partial charge in [-0.15, -0.1) is 0 Å². The molecule has 1 saturated carbocycles. The molecular formula is C14H19FO. The number of halogens is 1. The topological polar surface area (TPSA) is 20.2 Å². The van der Waals surface area contributed by atoms with Gasteiger partial charge in [0.1, 0.15) is 5.82 Å². The van der Waals surface area contributed by atoms with E-state index in [2.05, 4.69) is 13.8 Å². The van der Waals surface area contributed by atoms with Crippen LogP contribution in [0.4, 0.5) is 4.39 Å². The van der Waals surface area contributed by atoms with Crippen LogP contribution >= 0.6 is 0 Å². The molecule has 0 bridgehead atoms. The van der Waals surface area contributed by atoms with Crippen molar-refractivity contribution in [3.8, 4) is 0 Å². The summed E-state index contributed by atoms with van der Waals surface area (Å²) in [6.07, 6.45) is 3.42. The second-order valence-electron chi connectivity index (χ2n) is 5.71. The number of aliphatic hydroxyl groups is 1. The first kappa shape index (κ1) is 11.6. The van der Waals surface area contributed by atoms with Crippen LogP contribution in [0.3, 0.4) is 0 Å². The number of hydrogen-bond acceptors (Lipinski definition) is 1. The Morgan fingerprint density at radius 2 is 1.75 bits per heavy atom. The molecule has 0 saturated heterocycles. The normalized spacial score (nSPS) is 23.0. The van der Waals surface area contributed by atoms with E-state index in [9.17, 15) is 9.50 Å². The van der Waals surface area contributed by atoms with Crippen LogP contribution in [0.25, 0.3) is 0 Å². The van der Waals surface area contributed by atoms with E-state index in [1.54, 1.807) is 6.07 Å². The van der Waals surface area contributed by atoms with Crippen LogP contribution in [0.15, 0.2) is 24.3 Å². The third-order valence-electron chi connectivity index (χ3n) is 3.79. The first-order chi connectivity index (χ1) is 7.41. The molecule has 0 radical (unpaired) electrons. The van der Waals surface area contributed by atoms with Crippen LogP contribution in [-0.2, 0) is 5.60 Å². The molecule has 1 aliphatic carbocycles. The predicted molar refractivity (Wildman–Crippen MR) is 62.5 cm³/mol. The average molecular weight is 222 g/mol. The highest BCUT2D eigenvalue weighted by atomic mass is 19.1. The Labute approximate surface area is 96.3 Å². The second kappa shape index (κ2) is 3.85. The fourth-order valence-corrected chi connectivity index (χ4v) is 2.41. The maximum absolute atomic E-state index is 13.1. The molecule has 1 N–H and O–H groups in total. The zero-order chi connectivity index (χ0) is 11.8. The molecule has 1 aromatic rings. The summed E-state index contributed by atoms with van der Waals surface area (Å²) in [7, 11) is 0. The molecule has 1 aliphatic rings. The van der Waals surface area contributed by atoms with Crippen LogP contribution < -0.4 is 0 Å². The molecule has 1 fully saturated rings. The molecule has 88 valence electrons. The quantitative estimate of drug-likeness (QED) is 0.769. The lowest BCUT2D eigenvalue weighted by atomic mass is 9.69. The van der Waals surface area contributed by atoms with Crippen LogP contribution in [-0.4, -0.2) is 5.11 Å². The molecule has 16 heavy (non-hydrogen) atoms. The monoisotopic (exact) mass is 222 g/mol. The van der Waals surface area contributed by atoms with Gasteiger partial charge in [0, 0.05) is 0 Å². The van der Waals surface area contributed by atoms with E-state index in [-0.39, 0.29) is 5.82 Å². The van der Waals surface area contributed by atoms with E-state index >= 15 is 0 Å². The summed E-state index contributed by atoms with van der Waals surface area (Å²) in [5, 5.41) is 10.5. The summed E-state index contributed by atoms with van der Waals surface area (Å²) < 4.78 is 13.1. The van der Waals surface area contributed by atoms with Gasteiger partial charge in [0.05, 0.1) is 5.60 Å². The highest BCUT2D eigenvalue weighted by molar-refractivity contribution is 5.24. The van der Waals surface area contributed by atoms with Gasteiger partial charge in [-0.25, -0.2) is 4.39 Å². The minimum atomic E-state index is -0.822. The van der Waals surface area contributed by atoms with Crippen LogP contribution in [0.5, 0.6) is 0 Å². The second-order valence-corrected chi connectivity index (χ2v) is 5.71. The van der Waals surface area contributed by atoms with Crippen LogP contribution in [0.1, 0.15) is 45.1 Å². The maximum Gasteiger partial charge on any atom is 0.123 e. The van der Waals surface area contributed by atoms with Crippen molar-refractivity contribution in [2.45, 2.75) is 45.1 Å². The summed E-state index contributed by atoms with van der Waals surface area (Å²) in [5.41, 5.74) is 0.208. The van der Waals surface area contributed by atoms with Crippen molar-refractivity contribution >= 4 is 0 Å². The van der Waals surface area contributed by atoms with Crippen LogP contribution in [0, 0.1) is 11.2 Å². The minimum Gasteiger partial charge on any atom is -0.385 e. The molecule has 0 aromatic heterocycles. The van der Waals surface area contributed by atoms with Crippen molar-refractivity contribution in [3.05, 3.63) is 35.6 Å². The fraction of sp³-hybridized carbons (Fsp3) is 0.571. The Hall–Kier alpha value is -0.890. The summed E-state index contributed by atoms with van der Waals surface area (Å²) in [6, 6.07) is 6.36. The predicted octanol–water partition coefficient (Wildman–Crippen LogP) is 3.61. The number of benzene rings is 1. The number of rotatable bonds is 1. The van der Waals surface area contributed by atoms with Gasteiger partial charge in [0.2, 0.25) is 0 Å². The van der Waals surface area contributed by atoms with Crippen molar-refractivity contribution < 1.29 is 9.50 Å². The molecule has 2 rings (SSSR count). The third kappa shape index (κ3) is 2.27. The van der Waals surface area contributed by atoms with Gasteiger partial charge in [0.25, 0.3) is 0 Å². The molecule has 2 heteroatoms. The third-order valence-corrected chi connectivity index (χ3v) is 3.79. The highest BCUT2D eigenvalue weighted by Gasteiger charge is 2.37. The average Bonchev–Trinajstić information content (AvgIpc) is 2.23. The standard InChI is InChI=1S/C14H19FO/c1-13(2)6-8-14(16,9-7-13)11-4-3-5-12(15)10-11/h3-5,10,16H,6-9H2,1-2H3. The van der Waals surface area contributed by atoms with Crippen molar-refractivity contribution in [2.75, 3.05) is 0 Å². The van der Waals surface area contributed by atoms with Gasteiger partial charge < -0.3 is 5.11 Å². The SMILES string of the molecule is CC1(C)CCC(O)(c2cccc(F)c2)CC1. The molecule has 0 unspecified atom stereocenters. The molecule has 0 aliphatic heterocycles. The van der Waals surface area contributed by atoms with Gasteiger partial charge in [-0.3, -0.25) is 0 Å². The van der Waals surface area contributed by atoms with Gasteiger partial charge in [-0.05, 0) is 48.8 Å². The van der Waals surface area contributed by atoms with Gasteiger partial charge >= 0.3 is 0 Å². The molecule has 0 atom stereocenters. The molecule has 0 spiro atoms. The van der Waals surface area contributed by atoms with E-state index in [0.717, 1.165) is 31.2 Å². The Bertz CT molecular complexity index is 374.